The highest BCUT2D eigenvalue weighted by Crippen LogP contribution is 2.30. The van der Waals surface area contributed by atoms with Crippen LogP contribution in [0.25, 0.3) is 11.8 Å². The summed E-state index contributed by atoms with van der Waals surface area (Å²) in [5.41, 5.74) is 2.23. The Balaban J connectivity index is 1.49. The van der Waals surface area contributed by atoms with Gasteiger partial charge in [-0.1, -0.05) is 30.3 Å². The van der Waals surface area contributed by atoms with Crippen molar-refractivity contribution in [2.45, 2.75) is 6.92 Å². The summed E-state index contributed by atoms with van der Waals surface area (Å²) < 4.78 is 16.7. The van der Waals surface area contributed by atoms with Gasteiger partial charge in [-0.25, -0.2) is 4.79 Å². The third-order valence-electron chi connectivity index (χ3n) is 4.36. The van der Waals surface area contributed by atoms with E-state index in [1.165, 1.54) is 0 Å². The highest BCUT2D eigenvalue weighted by atomic mass is 16.5. The molecule has 0 amide bonds. The molecule has 0 saturated heterocycles. The van der Waals surface area contributed by atoms with Gasteiger partial charge in [-0.2, -0.15) is 0 Å². The van der Waals surface area contributed by atoms with Crippen LogP contribution in [0.15, 0.2) is 90.5 Å². The fourth-order valence-electron chi connectivity index (χ4n) is 2.95. The van der Waals surface area contributed by atoms with Crippen molar-refractivity contribution < 1.29 is 19.0 Å². The van der Waals surface area contributed by atoms with Gasteiger partial charge in [-0.05, 0) is 73.2 Å². The molecule has 0 fully saturated rings. The molecule has 144 valence electrons. The van der Waals surface area contributed by atoms with Crippen molar-refractivity contribution in [2.24, 2.45) is 0 Å². The summed E-state index contributed by atoms with van der Waals surface area (Å²) in [6.45, 7) is 2.56. The average molecular weight is 384 g/mol. The first-order valence-corrected chi connectivity index (χ1v) is 9.43. The average Bonchev–Trinajstić information content (AvgIpc) is 3.11. The van der Waals surface area contributed by atoms with Crippen LogP contribution in [0, 0.1) is 0 Å². The van der Waals surface area contributed by atoms with Crippen LogP contribution >= 0.6 is 0 Å². The maximum atomic E-state index is 12.2. The number of cyclic esters (lactones) is 1. The van der Waals surface area contributed by atoms with E-state index in [4.69, 9.17) is 14.2 Å². The van der Waals surface area contributed by atoms with Crippen LogP contribution in [0.4, 0.5) is 0 Å². The monoisotopic (exact) mass is 384 g/mol. The lowest BCUT2D eigenvalue weighted by Crippen LogP contribution is -1.97. The molecule has 4 heteroatoms. The van der Waals surface area contributed by atoms with Gasteiger partial charge >= 0.3 is 5.97 Å². The van der Waals surface area contributed by atoms with Crippen LogP contribution in [0.3, 0.4) is 0 Å². The zero-order valence-corrected chi connectivity index (χ0v) is 16.0. The number of rotatable bonds is 6. The molecule has 1 aliphatic heterocycles. The molecule has 1 aliphatic rings. The lowest BCUT2D eigenvalue weighted by Gasteiger charge is -2.06. The van der Waals surface area contributed by atoms with E-state index in [0.29, 0.717) is 17.9 Å². The molecule has 4 rings (SSSR count). The van der Waals surface area contributed by atoms with Gasteiger partial charge in [0.25, 0.3) is 0 Å². The van der Waals surface area contributed by atoms with Crippen LogP contribution in [0.1, 0.15) is 18.1 Å². The van der Waals surface area contributed by atoms with Crippen LogP contribution in [0.2, 0.25) is 0 Å². The van der Waals surface area contributed by atoms with Gasteiger partial charge in [0.1, 0.15) is 23.0 Å². The molecule has 0 N–H and O–H groups in total. The quantitative estimate of drug-likeness (QED) is 0.394. The molecule has 0 aromatic heterocycles. The first-order chi connectivity index (χ1) is 14.2. The van der Waals surface area contributed by atoms with Gasteiger partial charge in [-0.3, -0.25) is 0 Å². The van der Waals surface area contributed by atoms with Crippen molar-refractivity contribution in [1.29, 1.82) is 0 Å². The number of carbonyl (C=O) groups excluding carboxylic acids is 1. The Morgan fingerprint density at radius 1 is 0.828 bits per heavy atom. The Labute approximate surface area is 169 Å². The second-order valence-corrected chi connectivity index (χ2v) is 6.44. The minimum atomic E-state index is -0.363. The third kappa shape index (κ3) is 4.55. The first-order valence-electron chi connectivity index (χ1n) is 9.43. The first kappa shape index (κ1) is 18.6. The standard InChI is InChI=1S/C25H20O4/c1-2-27-21-12-8-18(9-13-21)16-20-17-24(29-25(20)26)19-10-14-23(15-11-19)28-22-6-4-3-5-7-22/h3-17H,2H2,1H3/b20-16+. The third-order valence-corrected chi connectivity index (χ3v) is 4.36. The second kappa shape index (κ2) is 8.48. The maximum absolute atomic E-state index is 12.2. The van der Waals surface area contributed by atoms with Gasteiger partial charge in [0.2, 0.25) is 0 Å². The van der Waals surface area contributed by atoms with Crippen LogP contribution in [0.5, 0.6) is 17.2 Å². The summed E-state index contributed by atoms with van der Waals surface area (Å²) in [7, 11) is 0. The molecule has 3 aromatic rings. The minimum absolute atomic E-state index is 0.363. The highest BCUT2D eigenvalue weighted by molar-refractivity contribution is 6.05. The van der Waals surface area contributed by atoms with Gasteiger partial charge < -0.3 is 14.2 Å². The zero-order chi connectivity index (χ0) is 20.1. The van der Waals surface area contributed by atoms with Crippen molar-refractivity contribution in [3.8, 4) is 17.2 Å². The minimum Gasteiger partial charge on any atom is -0.494 e. The predicted molar refractivity (Wildman–Crippen MR) is 113 cm³/mol. The predicted octanol–water partition coefficient (Wildman–Crippen LogP) is 5.86. The number of hydrogen-bond acceptors (Lipinski definition) is 4. The molecule has 0 saturated carbocycles. The lowest BCUT2D eigenvalue weighted by atomic mass is 10.1. The Morgan fingerprint density at radius 2 is 1.48 bits per heavy atom. The molecule has 0 aliphatic carbocycles. The SMILES string of the molecule is CCOc1ccc(/C=C2\C=C(c3ccc(Oc4ccccc4)cc3)OC2=O)cc1. The molecule has 0 bridgehead atoms. The molecular weight excluding hydrogens is 364 g/mol. The largest absolute Gasteiger partial charge is 0.494 e. The molecular formula is C25H20O4. The number of para-hydroxylation sites is 1. The van der Waals surface area contributed by atoms with E-state index in [-0.39, 0.29) is 5.97 Å². The molecule has 29 heavy (non-hydrogen) atoms. The van der Waals surface area contributed by atoms with Crippen molar-refractivity contribution in [1.82, 2.24) is 0 Å². The van der Waals surface area contributed by atoms with Crippen molar-refractivity contribution in [3.63, 3.8) is 0 Å². The van der Waals surface area contributed by atoms with E-state index in [1.807, 2.05) is 85.8 Å². The topological polar surface area (TPSA) is 44.8 Å². The summed E-state index contributed by atoms with van der Waals surface area (Å²) >= 11 is 0. The second-order valence-electron chi connectivity index (χ2n) is 6.44. The van der Waals surface area contributed by atoms with E-state index in [9.17, 15) is 4.79 Å². The zero-order valence-electron chi connectivity index (χ0n) is 16.0. The summed E-state index contributed by atoms with van der Waals surface area (Å²) in [5.74, 6) is 2.46. The normalized spacial score (nSPS) is 14.4. The molecule has 0 atom stereocenters. The van der Waals surface area contributed by atoms with Crippen molar-refractivity contribution >= 4 is 17.8 Å². The van der Waals surface area contributed by atoms with E-state index in [0.717, 1.165) is 28.4 Å². The Kier molecular flexibility index (Phi) is 5.43. The van der Waals surface area contributed by atoms with E-state index in [2.05, 4.69) is 0 Å². The Morgan fingerprint density at radius 3 is 2.17 bits per heavy atom. The van der Waals surface area contributed by atoms with E-state index >= 15 is 0 Å². The van der Waals surface area contributed by atoms with Gasteiger partial charge in [-0.15, -0.1) is 0 Å². The van der Waals surface area contributed by atoms with Gasteiger partial charge in [0, 0.05) is 5.56 Å². The Hall–Kier alpha value is -3.79. The molecule has 0 radical (unpaired) electrons. The van der Waals surface area contributed by atoms with Crippen LogP contribution in [-0.2, 0) is 9.53 Å². The highest BCUT2D eigenvalue weighted by Gasteiger charge is 2.22. The Bertz CT molecular complexity index is 1050. The fourth-order valence-corrected chi connectivity index (χ4v) is 2.95. The van der Waals surface area contributed by atoms with E-state index < -0.39 is 0 Å². The van der Waals surface area contributed by atoms with Crippen LogP contribution in [-0.4, -0.2) is 12.6 Å². The fraction of sp³-hybridized carbons (Fsp3) is 0.0800. The number of ether oxygens (including phenoxy) is 3. The number of carbonyl (C=O) groups is 1. The number of benzene rings is 3. The molecule has 0 spiro atoms. The molecule has 3 aromatic carbocycles. The summed E-state index contributed by atoms with van der Waals surface area (Å²) in [5, 5.41) is 0. The maximum Gasteiger partial charge on any atom is 0.343 e. The van der Waals surface area contributed by atoms with Gasteiger partial charge in [0.05, 0.1) is 12.2 Å². The molecule has 4 nitrogen and oxygen atoms in total. The summed E-state index contributed by atoms with van der Waals surface area (Å²) in [4.78, 5) is 12.2. The lowest BCUT2D eigenvalue weighted by molar-refractivity contribution is -0.130. The molecule has 0 unspecified atom stereocenters. The van der Waals surface area contributed by atoms with Crippen molar-refractivity contribution in [3.05, 3.63) is 102 Å². The smallest absolute Gasteiger partial charge is 0.343 e. The van der Waals surface area contributed by atoms with E-state index in [1.54, 1.807) is 12.2 Å². The number of esters is 1. The summed E-state index contributed by atoms with van der Waals surface area (Å²) in [6.07, 6.45) is 3.56. The van der Waals surface area contributed by atoms with Crippen LogP contribution < -0.4 is 9.47 Å². The summed E-state index contributed by atoms with van der Waals surface area (Å²) in [6, 6.07) is 24.6. The number of hydrogen-bond donors (Lipinski definition) is 0. The molecule has 1 heterocycles. The van der Waals surface area contributed by atoms with Crippen molar-refractivity contribution in [2.75, 3.05) is 6.61 Å². The van der Waals surface area contributed by atoms with Gasteiger partial charge in [0.15, 0.2) is 0 Å².